The highest BCUT2D eigenvalue weighted by atomic mass is 32.2. The topological polar surface area (TPSA) is 77.7 Å². The summed E-state index contributed by atoms with van der Waals surface area (Å²) in [4.78, 5) is 37.1. The number of esters is 1. The molecule has 2 aliphatic rings. The third kappa shape index (κ3) is 13.0. The Kier molecular flexibility index (Phi) is 19.3. The fourth-order valence-corrected chi connectivity index (χ4v) is 17.3. The molecular weight excluding hydrogens is 809 g/mol. The number of carbonyl (C=O) groups excluding carboxylic acids is 2. The summed E-state index contributed by atoms with van der Waals surface area (Å²) >= 11 is 3.28. The van der Waals surface area contributed by atoms with Crippen LogP contribution >= 0.6 is 23.1 Å². The molecule has 0 amide bonds. The van der Waals surface area contributed by atoms with Crippen molar-refractivity contribution in [3.8, 4) is 11.5 Å². The van der Waals surface area contributed by atoms with E-state index in [1.807, 2.05) is 20.1 Å². The largest absolute Gasteiger partial charge is 0.458 e. The third-order valence-electron chi connectivity index (χ3n) is 14.1. The second kappa shape index (κ2) is 21.8. The first-order valence-electron chi connectivity index (χ1n) is 22.7. The minimum absolute atomic E-state index is 0.0356. The predicted molar refractivity (Wildman–Crippen MR) is 256 cm³/mol. The summed E-state index contributed by atoms with van der Waals surface area (Å²) in [5.74, 6) is 3.22. The zero-order valence-electron chi connectivity index (χ0n) is 39.6. The van der Waals surface area contributed by atoms with Gasteiger partial charge < -0.3 is 13.6 Å². The standard InChI is InChI=1S/C46H82N2O5S2Si3/c1-17-57(18-2,19-3)52-40-32-41(49)51-38(35(8)30-37-33-55-44(47-37)54-13)31-39-46(12,48(39)28-23-24-29-56(14,15)16)27-25-26-34(7)42(36(9)43(50)45(40,10)11)53-58(20-4,21-5)22-6/h30,33-34,36,38-40,42H,17-23,25-28,31-32H2,1-16H3/b35-30+/t34-,36+,38-,39-,40-,42-,46+,48?/m0/s1. The Labute approximate surface area is 366 Å². The summed E-state index contributed by atoms with van der Waals surface area (Å²) in [6, 6.07) is 6.15. The van der Waals surface area contributed by atoms with Gasteiger partial charge in [-0.15, -0.1) is 22.8 Å². The first-order valence-corrected chi connectivity index (χ1v) is 33.3. The van der Waals surface area contributed by atoms with Crippen LogP contribution in [-0.2, 0) is 23.2 Å². The van der Waals surface area contributed by atoms with E-state index in [9.17, 15) is 4.79 Å². The summed E-state index contributed by atoms with van der Waals surface area (Å²) < 4.78 is 22.3. The molecule has 0 aromatic carbocycles. The summed E-state index contributed by atoms with van der Waals surface area (Å²) in [7, 11) is -5.79. The molecule has 3 heterocycles. The number of rotatable bonds is 15. The fourth-order valence-electron chi connectivity index (χ4n) is 9.42. The van der Waals surface area contributed by atoms with Crippen molar-refractivity contribution in [2.45, 2.75) is 212 Å². The molecule has 0 aliphatic carbocycles. The van der Waals surface area contributed by atoms with Gasteiger partial charge in [0.15, 0.2) is 16.6 Å². The van der Waals surface area contributed by atoms with Gasteiger partial charge >= 0.3 is 5.97 Å². The lowest BCUT2D eigenvalue weighted by atomic mass is 9.73. The number of ketones is 1. The highest BCUT2D eigenvalue weighted by Gasteiger charge is 2.58. The molecule has 330 valence electrons. The minimum Gasteiger partial charge on any atom is -0.458 e. The van der Waals surface area contributed by atoms with Crippen LogP contribution in [0.4, 0.5) is 0 Å². The van der Waals surface area contributed by atoms with E-state index in [-0.39, 0.29) is 47.7 Å². The van der Waals surface area contributed by atoms with Gasteiger partial charge in [-0.05, 0) is 86.8 Å². The van der Waals surface area contributed by atoms with Crippen molar-refractivity contribution in [2.75, 3.05) is 12.8 Å². The van der Waals surface area contributed by atoms with Gasteiger partial charge in [-0.25, -0.2) is 4.98 Å². The molecule has 0 saturated carbocycles. The molecular formula is C46H82N2O5S2Si3. The van der Waals surface area contributed by atoms with Crippen LogP contribution in [0.1, 0.15) is 127 Å². The molecule has 0 bridgehead atoms. The molecule has 8 atom stereocenters. The Morgan fingerprint density at radius 1 is 1.00 bits per heavy atom. The number of thioether (sulfide) groups is 1. The van der Waals surface area contributed by atoms with E-state index in [0.717, 1.165) is 84.1 Å². The van der Waals surface area contributed by atoms with Crippen molar-refractivity contribution in [3.05, 3.63) is 16.6 Å². The Bertz CT molecular complexity index is 1570. The molecule has 7 nitrogen and oxygen atoms in total. The predicted octanol–water partition coefficient (Wildman–Crippen LogP) is 12.5. The molecule has 1 aromatic rings. The Balaban J connectivity index is 2.17. The van der Waals surface area contributed by atoms with E-state index in [1.165, 1.54) is 0 Å². The zero-order valence-corrected chi connectivity index (χ0v) is 44.2. The van der Waals surface area contributed by atoms with E-state index < -0.39 is 42.3 Å². The molecule has 2 aliphatic heterocycles. The number of fused-ring (bicyclic) bond motifs is 1. The smallest absolute Gasteiger partial charge is 0.309 e. The number of thiazole rings is 1. The van der Waals surface area contributed by atoms with E-state index in [2.05, 4.69) is 117 Å². The van der Waals surface area contributed by atoms with E-state index in [1.54, 1.807) is 23.1 Å². The van der Waals surface area contributed by atoms with Crippen LogP contribution in [-0.4, -0.2) is 89.0 Å². The lowest BCUT2D eigenvalue weighted by Gasteiger charge is -2.44. The van der Waals surface area contributed by atoms with Crippen LogP contribution in [0.2, 0.25) is 55.9 Å². The number of Topliss-reactive ketones (excluding diaryl/α,β-unsaturated/α-hetero) is 1. The van der Waals surface area contributed by atoms with Crippen LogP contribution < -0.4 is 0 Å². The average molecular weight is 892 g/mol. The average Bonchev–Trinajstić information content (AvgIpc) is 3.46. The summed E-state index contributed by atoms with van der Waals surface area (Å²) in [6.45, 7) is 34.2. The van der Waals surface area contributed by atoms with Gasteiger partial charge in [0.2, 0.25) is 0 Å². The summed E-state index contributed by atoms with van der Waals surface area (Å²) in [5.41, 5.74) is 4.49. The number of hydrogen-bond acceptors (Lipinski definition) is 9. The number of ether oxygens (including phenoxy) is 1. The quantitative estimate of drug-likeness (QED) is 0.0567. The molecule has 58 heavy (non-hydrogen) atoms. The Morgan fingerprint density at radius 3 is 2.12 bits per heavy atom. The molecule has 0 N–H and O–H groups in total. The fraction of sp³-hybridized carbons (Fsp3) is 0.804. The molecule has 2 saturated heterocycles. The number of aromatic nitrogens is 1. The van der Waals surface area contributed by atoms with Crippen molar-refractivity contribution in [1.82, 2.24) is 9.88 Å². The summed E-state index contributed by atoms with van der Waals surface area (Å²) in [5, 5.41) is 2.08. The van der Waals surface area contributed by atoms with E-state index in [4.69, 9.17) is 18.6 Å². The van der Waals surface area contributed by atoms with E-state index in [0.29, 0.717) is 6.42 Å². The summed E-state index contributed by atoms with van der Waals surface area (Å²) in [6.07, 6.45) is 7.55. The van der Waals surface area contributed by atoms with Crippen LogP contribution in [0.25, 0.3) is 6.08 Å². The molecule has 3 rings (SSSR count). The van der Waals surface area contributed by atoms with Gasteiger partial charge in [-0.3, -0.25) is 14.5 Å². The Hall–Kier alpha value is -1.05. The second-order valence-corrected chi connectivity index (χ2v) is 35.4. The van der Waals surface area contributed by atoms with Gasteiger partial charge in [0.1, 0.15) is 24.3 Å². The molecule has 1 unspecified atom stereocenters. The number of hydrogen-bond donors (Lipinski definition) is 0. The Morgan fingerprint density at radius 2 is 1.59 bits per heavy atom. The van der Waals surface area contributed by atoms with Gasteiger partial charge in [-0.1, -0.05) is 107 Å². The lowest BCUT2D eigenvalue weighted by Crippen LogP contribution is -2.53. The number of carbonyl (C=O) groups is 2. The first kappa shape index (κ1) is 51.3. The van der Waals surface area contributed by atoms with Crippen molar-refractivity contribution in [2.24, 2.45) is 17.3 Å². The maximum absolute atomic E-state index is 15.2. The molecule has 2 fully saturated rings. The zero-order chi connectivity index (χ0) is 43.7. The number of nitrogens with zero attached hydrogens (tertiary/aromatic N) is 2. The van der Waals surface area contributed by atoms with Gasteiger partial charge in [0.05, 0.1) is 24.3 Å². The van der Waals surface area contributed by atoms with Crippen LogP contribution in [0.5, 0.6) is 0 Å². The highest BCUT2D eigenvalue weighted by Crippen LogP contribution is 2.49. The molecule has 12 heteroatoms. The van der Waals surface area contributed by atoms with Crippen LogP contribution in [0, 0.1) is 28.7 Å². The van der Waals surface area contributed by atoms with Crippen LogP contribution in [0.3, 0.4) is 0 Å². The van der Waals surface area contributed by atoms with Crippen molar-refractivity contribution in [3.63, 3.8) is 0 Å². The van der Waals surface area contributed by atoms with Gasteiger partial charge in [0.25, 0.3) is 0 Å². The van der Waals surface area contributed by atoms with Crippen molar-refractivity contribution in [1.29, 1.82) is 0 Å². The highest BCUT2D eigenvalue weighted by molar-refractivity contribution is 8.00. The maximum atomic E-state index is 15.2. The minimum atomic E-state index is -2.25. The molecule has 1 aromatic heterocycles. The first-order chi connectivity index (χ1) is 27.1. The van der Waals surface area contributed by atoms with E-state index >= 15 is 4.79 Å². The normalized spacial score (nSPS) is 29.3. The lowest BCUT2D eigenvalue weighted by molar-refractivity contribution is -0.153. The van der Waals surface area contributed by atoms with Gasteiger partial charge in [0, 0.05) is 47.7 Å². The monoisotopic (exact) mass is 890 g/mol. The van der Waals surface area contributed by atoms with Crippen molar-refractivity contribution >= 4 is 65.6 Å². The van der Waals surface area contributed by atoms with Crippen LogP contribution in [0.15, 0.2) is 15.3 Å². The maximum Gasteiger partial charge on any atom is 0.309 e. The van der Waals surface area contributed by atoms with Gasteiger partial charge in [-0.2, -0.15) is 0 Å². The third-order valence-corrected chi connectivity index (χ3v) is 26.2. The number of cyclic esters (lactones) is 1. The molecule has 0 spiro atoms. The molecule has 0 radical (unpaired) electrons. The second-order valence-electron chi connectivity index (χ2n) is 19.3. The SMILES string of the molecule is CC[Si](CC)(CC)O[C@H]1[C@@H](C)CCC[C@]2(C)[C@H](C[C@@H](/C(C)=C/c3csc(SC)n3)OC(=O)C[C@H](O[Si](CC)(CC)CC)C(C)(C)C(=O)[C@@H]1C)N2CCC#C[Si](C)(C)C. The van der Waals surface area contributed by atoms with Crippen molar-refractivity contribution < 1.29 is 23.2 Å².